The second kappa shape index (κ2) is 7.94. The number of hydrogen-bond acceptors (Lipinski definition) is 0. The molecule has 0 heterocycles. The molecule has 0 unspecified atom stereocenters. The van der Waals surface area contributed by atoms with Crippen molar-refractivity contribution in [3.05, 3.63) is 11.6 Å². The highest BCUT2D eigenvalue weighted by molar-refractivity contribution is 6.20. The van der Waals surface area contributed by atoms with Crippen LogP contribution in [0.1, 0.15) is 105 Å². The molecule has 4 aliphatic rings. The lowest BCUT2D eigenvalue weighted by atomic mass is 9.47. The Morgan fingerprint density at radius 3 is 2.54 bits per heavy atom. The molecule has 0 aromatic rings. The maximum absolute atomic E-state index is 6.56. The highest BCUT2D eigenvalue weighted by Gasteiger charge is 2.58. The number of fused-ring (bicyclic) bond motifs is 5. The molecule has 3 fully saturated rings. The van der Waals surface area contributed by atoms with Crippen LogP contribution in [0.4, 0.5) is 0 Å². The Morgan fingerprint density at radius 1 is 1.00 bits per heavy atom. The zero-order chi connectivity index (χ0) is 20.1. The molecule has 4 aliphatic carbocycles. The van der Waals surface area contributed by atoms with E-state index in [1.54, 1.807) is 5.57 Å². The van der Waals surface area contributed by atoms with Gasteiger partial charge in [0.2, 0.25) is 0 Å². The normalized spacial score (nSPS) is 46.5. The van der Waals surface area contributed by atoms with E-state index >= 15 is 0 Å². The molecular weight excluding hydrogens is 360 g/mol. The molecule has 0 aromatic heterocycles. The smallest absolute Gasteiger partial charge is 0.0373 e. The fourth-order valence-corrected chi connectivity index (χ4v) is 8.92. The molecule has 0 N–H and O–H groups in total. The second-order valence-corrected chi connectivity index (χ2v) is 12.7. The van der Waals surface area contributed by atoms with Gasteiger partial charge in [-0.3, -0.25) is 0 Å². The van der Waals surface area contributed by atoms with E-state index in [1.807, 2.05) is 0 Å². The topological polar surface area (TPSA) is 0 Å². The molecule has 1 heteroatoms. The molecule has 0 aliphatic heterocycles. The van der Waals surface area contributed by atoms with Crippen molar-refractivity contribution in [2.75, 3.05) is 0 Å². The Balaban J connectivity index is 1.49. The number of rotatable bonds is 5. The monoisotopic (exact) mass is 404 g/mol. The first-order valence-corrected chi connectivity index (χ1v) is 13.0. The van der Waals surface area contributed by atoms with Crippen LogP contribution in [0, 0.1) is 46.3 Å². The SMILES string of the molecule is CC(C)CCC[C@H](C)[C@@H]1CC[C@H]2[C@H]3CC=C4C[C@@H](Cl)CC[C@]4(C)[C@@H]3CC[C@@]21C. The van der Waals surface area contributed by atoms with Crippen molar-refractivity contribution in [2.45, 2.75) is 111 Å². The molecule has 160 valence electrons. The van der Waals surface area contributed by atoms with Crippen LogP contribution in [0.2, 0.25) is 0 Å². The lowest BCUT2D eigenvalue weighted by molar-refractivity contribution is -0.0498. The summed E-state index contributed by atoms with van der Waals surface area (Å²) in [6, 6.07) is 0. The predicted octanol–water partition coefficient (Wildman–Crippen LogP) is 8.64. The summed E-state index contributed by atoms with van der Waals surface area (Å²) in [4.78, 5) is 0. The van der Waals surface area contributed by atoms with Gasteiger partial charge >= 0.3 is 0 Å². The third-order valence-electron chi connectivity index (χ3n) is 10.2. The van der Waals surface area contributed by atoms with Crippen LogP contribution < -0.4 is 0 Å². The van der Waals surface area contributed by atoms with E-state index in [9.17, 15) is 0 Å². The van der Waals surface area contributed by atoms with Crippen molar-refractivity contribution in [3.8, 4) is 0 Å². The molecule has 4 rings (SSSR count). The second-order valence-electron chi connectivity index (χ2n) is 12.1. The van der Waals surface area contributed by atoms with Gasteiger partial charge in [-0.25, -0.2) is 0 Å². The fraction of sp³-hybridized carbons (Fsp3) is 0.926. The molecule has 8 atom stereocenters. The number of halogens is 1. The third-order valence-corrected chi connectivity index (χ3v) is 10.6. The van der Waals surface area contributed by atoms with Crippen molar-refractivity contribution in [3.63, 3.8) is 0 Å². The molecule has 0 spiro atoms. The van der Waals surface area contributed by atoms with Gasteiger partial charge in [0.15, 0.2) is 0 Å². The van der Waals surface area contributed by atoms with Gasteiger partial charge in [0.05, 0.1) is 0 Å². The Kier molecular flexibility index (Phi) is 6.03. The van der Waals surface area contributed by atoms with E-state index in [0.717, 1.165) is 35.5 Å². The number of alkyl halides is 1. The first-order valence-electron chi connectivity index (χ1n) is 12.6. The zero-order valence-electron chi connectivity index (χ0n) is 19.3. The van der Waals surface area contributed by atoms with Crippen molar-refractivity contribution >= 4 is 11.6 Å². The Bertz CT molecular complexity index is 591. The molecule has 0 amide bonds. The van der Waals surface area contributed by atoms with Gasteiger partial charge in [-0.05, 0) is 97.7 Å². The minimum atomic E-state index is 0.396. The van der Waals surface area contributed by atoms with Gasteiger partial charge in [0.25, 0.3) is 0 Å². The van der Waals surface area contributed by atoms with Crippen LogP contribution in [0.15, 0.2) is 11.6 Å². The van der Waals surface area contributed by atoms with E-state index in [2.05, 4.69) is 40.7 Å². The summed E-state index contributed by atoms with van der Waals surface area (Å²) in [5.74, 6) is 5.62. The Labute approximate surface area is 180 Å². The van der Waals surface area contributed by atoms with Crippen molar-refractivity contribution < 1.29 is 0 Å². The van der Waals surface area contributed by atoms with Gasteiger partial charge in [-0.15, -0.1) is 11.6 Å². The van der Waals surface area contributed by atoms with Crippen LogP contribution in [-0.2, 0) is 0 Å². The number of hydrogen-bond donors (Lipinski definition) is 0. The molecule has 0 nitrogen and oxygen atoms in total. The van der Waals surface area contributed by atoms with Gasteiger partial charge in [-0.1, -0.05) is 65.5 Å². The highest BCUT2D eigenvalue weighted by Crippen LogP contribution is 2.67. The Morgan fingerprint density at radius 2 is 1.79 bits per heavy atom. The Hall–Kier alpha value is 0.0300. The van der Waals surface area contributed by atoms with E-state index in [4.69, 9.17) is 11.6 Å². The lowest BCUT2D eigenvalue weighted by Crippen LogP contribution is -2.50. The quantitative estimate of drug-likeness (QED) is 0.317. The van der Waals surface area contributed by atoms with Crippen molar-refractivity contribution in [1.82, 2.24) is 0 Å². The summed E-state index contributed by atoms with van der Waals surface area (Å²) in [5.41, 5.74) is 2.82. The van der Waals surface area contributed by atoms with E-state index in [-0.39, 0.29) is 0 Å². The van der Waals surface area contributed by atoms with E-state index < -0.39 is 0 Å². The predicted molar refractivity (Wildman–Crippen MR) is 123 cm³/mol. The fourth-order valence-electron chi connectivity index (χ4n) is 8.64. The maximum Gasteiger partial charge on any atom is 0.0373 e. The molecular formula is C27H45Cl. The zero-order valence-corrected chi connectivity index (χ0v) is 20.0. The molecule has 0 saturated heterocycles. The maximum atomic E-state index is 6.56. The van der Waals surface area contributed by atoms with Crippen LogP contribution in [0.25, 0.3) is 0 Å². The van der Waals surface area contributed by atoms with Crippen LogP contribution in [0.5, 0.6) is 0 Å². The molecule has 0 aromatic carbocycles. The summed E-state index contributed by atoms with van der Waals surface area (Å²) in [7, 11) is 0. The first kappa shape index (κ1) is 21.3. The summed E-state index contributed by atoms with van der Waals surface area (Å²) < 4.78 is 0. The average Bonchev–Trinajstić information content (AvgIpc) is 2.99. The largest absolute Gasteiger partial charge is 0.123 e. The first-order chi connectivity index (χ1) is 13.3. The summed E-state index contributed by atoms with van der Waals surface area (Å²) in [5, 5.41) is 0.396. The van der Waals surface area contributed by atoms with Gasteiger partial charge in [-0.2, -0.15) is 0 Å². The summed E-state index contributed by atoms with van der Waals surface area (Å²) in [6.45, 7) is 12.7. The van der Waals surface area contributed by atoms with Gasteiger partial charge in [0.1, 0.15) is 0 Å². The lowest BCUT2D eigenvalue weighted by Gasteiger charge is -2.58. The highest BCUT2D eigenvalue weighted by atomic mass is 35.5. The van der Waals surface area contributed by atoms with Crippen LogP contribution in [-0.4, -0.2) is 5.38 Å². The van der Waals surface area contributed by atoms with E-state index in [1.165, 1.54) is 70.6 Å². The summed E-state index contributed by atoms with van der Waals surface area (Å²) in [6.07, 6.45) is 18.0. The molecule has 3 saturated carbocycles. The van der Waals surface area contributed by atoms with Crippen molar-refractivity contribution in [2.24, 2.45) is 46.3 Å². The average molecular weight is 405 g/mol. The standard InChI is InChI=1S/C27H45Cl/c1-18(2)7-6-8-19(3)23-11-12-24-22-10-9-20-17-21(28)13-15-26(20,4)25(22)14-16-27(23,24)5/h9,18-19,21-25H,6-8,10-17H2,1-5H3/t19-,21-,22+,23-,24-,25+,26-,27+/m0/s1. The van der Waals surface area contributed by atoms with Crippen LogP contribution in [0.3, 0.4) is 0 Å². The van der Waals surface area contributed by atoms with Gasteiger partial charge in [0, 0.05) is 5.38 Å². The minimum Gasteiger partial charge on any atom is -0.123 e. The minimum absolute atomic E-state index is 0.396. The molecule has 0 bridgehead atoms. The van der Waals surface area contributed by atoms with Gasteiger partial charge < -0.3 is 0 Å². The third kappa shape index (κ3) is 3.52. The van der Waals surface area contributed by atoms with Crippen LogP contribution >= 0.6 is 11.6 Å². The number of allylic oxidation sites excluding steroid dienone is 2. The van der Waals surface area contributed by atoms with Crippen molar-refractivity contribution in [1.29, 1.82) is 0 Å². The van der Waals surface area contributed by atoms with E-state index in [0.29, 0.717) is 16.2 Å². The summed E-state index contributed by atoms with van der Waals surface area (Å²) >= 11 is 6.56. The molecule has 28 heavy (non-hydrogen) atoms. The molecule has 0 radical (unpaired) electrons.